The van der Waals surface area contributed by atoms with Crippen molar-refractivity contribution in [1.29, 1.82) is 5.41 Å². The monoisotopic (exact) mass is 163 g/mol. The van der Waals surface area contributed by atoms with Crippen molar-refractivity contribution in [2.75, 3.05) is 0 Å². The molecule has 0 saturated carbocycles. The lowest BCUT2D eigenvalue weighted by Gasteiger charge is -2.04. The van der Waals surface area contributed by atoms with Crippen molar-refractivity contribution in [1.82, 2.24) is 0 Å². The Morgan fingerprint density at radius 3 is 2.42 bits per heavy atom. The molecule has 0 saturated heterocycles. The molecule has 12 heavy (non-hydrogen) atoms. The molecule has 0 radical (unpaired) electrons. The Kier molecular flexibility index (Phi) is 5.02. The zero-order valence-corrected chi connectivity index (χ0v) is 8.15. The Morgan fingerprint density at radius 1 is 1.50 bits per heavy atom. The second kappa shape index (κ2) is 5.53. The lowest BCUT2D eigenvalue weighted by atomic mass is 10.0. The molecular weight excluding hydrogens is 146 g/mol. The molecule has 0 aliphatic heterocycles. The van der Waals surface area contributed by atoms with Crippen LogP contribution in [0, 0.1) is 5.41 Å². The summed E-state index contributed by atoms with van der Waals surface area (Å²) in [6.07, 6.45) is 6.47. The summed E-state index contributed by atoms with van der Waals surface area (Å²) in [6, 6.07) is 0. The van der Waals surface area contributed by atoms with E-state index in [1.54, 1.807) is 6.08 Å². The normalized spacial score (nSPS) is 12.9. The van der Waals surface area contributed by atoms with Crippen LogP contribution in [0.3, 0.4) is 0 Å². The third-order valence-electron chi connectivity index (χ3n) is 1.74. The lowest BCUT2D eigenvalue weighted by Crippen LogP contribution is -1.98. The highest BCUT2D eigenvalue weighted by Gasteiger charge is 2.00. The second-order valence-electron chi connectivity index (χ2n) is 2.63. The van der Waals surface area contributed by atoms with E-state index in [0.29, 0.717) is 5.71 Å². The molecule has 0 spiro atoms. The van der Waals surface area contributed by atoms with Gasteiger partial charge in [-0.05, 0) is 31.4 Å². The molecule has 1 N–H and O–H groups in total. The quantitative estimate of drug-likeness (QED) is 0.484. The predicted molar refractivity (Wildman–Crippen MR) is 55.7 cm³/mol. The van der Waals surface area contributed by atoms with Gasteiger partial charge < -0.3 is 5.41 Å². The van der Waals surface area contributed by atoms with Crippen LogP contribution in [0.15, 0.2) is 36.0 Å². The number of hydrogen-bond donors (Lipinski definition) is 1. The van der Waals surface area contributed by atoms with E-state index >= 15 is 0 Å². The SMILES string of the molecule is C=C/C(C)=C(/C=C\C)C(=N)CC. The van der Waals surface area contributed by atoms with Crippen LogP contribution in [0.2, 0.25) is 0 Å². The fourth-order valence-corrected chi connectivity index (χ4v) is 0.937. The van der Waals surface area contributed by atoms with Gasteiger partial charge in [-0.3, -0.25) is 0 Å². The van der Waals surface area contributed by atoms with Crippen molar-refractivity contribution in [3.63, 3.8) is 0 Å². The van der Waals surface area contributed by atoms with Gasteiger partial charge in [-0.25, -0.2) is 0 Å². The largest absolute Gasteiger partial charge is 0.305 e. The average molecular weight is 163 g/mol. The molecule has 1 nitrogen and oxygen atoms in total. The van der Waals surface area contributed by atoms with E-state index in [9.17, 15) is 0 Å². The predicted octanol–water partition coefficient (Wildman–Crippen LogP) is 3.49. The first kappa shape index (κ1) is 10.9. The summed E-state index contributed by atoms with van der Waals surface area (Å²) in [5.74, 6) is 0. The van der Waals surface area contributed by atoms with Gasteiger partial charge in [0, 0.05) is 5.71 Å². The molecule has 66 valence electrons. The third-order valence-corrected chi connectivity index (χ3v) is 1.74. The van der Waals surface area contributed by atoms with Crippen LogP contribution in [-0.4, -0.2) is 5.71 Å². The highest BCUT2D eigenvalue weighted by Crippen LogP contribution is 2.10. The molecule has 0 aliphatic carbocycles. The van der Waals surface area contributed by atoms with Crippen molar-refractivity contribution in [2.24, 2.45) is 0 Å². The summed E-state index contributed by atoms with van der Waals surface area (Å²) in [6.45, 7) is 9.62. The molecule has 0 atom stereocenters. The van der Waals surface area contributed by atoms with Crippen LogP contribution in [-0.2, 0) is 0 Å². The van der Waals surface area contributed by atoms with E-state index in [1.165, 1.54) is 0 Å². The molecule has 0 aromatic rings. The molecule has 0 fully saturated rings. The molecule has 0 rings (SSSR count). The molecular formula is C11H17N. The molecule has 0 aromatic carbocycles. The summed E-state index contributed by atoms with van der Waals surface area (Å²) in [5, 5.41) is 7.67. The van der Waals surface area contributed by atoms with Gasteiger partial charge in [0.25, 0.3) is 0 Å². The smallest absolute Gasteiger partial charge is 0.0385 e. The Bertz CT molecular complexity index is 231. The van der Waals surface area contributed by atoms with Gasteiger partial charge in [-0.1, -0.05) is 31.7 Å². The van der Waals surface area contributed by atoms with Crippen LogP contribution >= 0.6 is 0 Å². The van der Waals surface area contributed by atoms with Crippen molar-refractivity contribution in [3.05, 3.63) is 36.0 Å². The van der Waals surface area contributed by atoms with Crippen molar-refractivity contribution in [3.8, 4) is 0 Å². The van der Waals surface area contributed by atoms with Crippen LogP contribution in [0.5, 0.6) is 0 Å². The first-order valence-corrected chi connectivity index (χ1v) is 4.21. The van der Waals surface area contributed by atoms with Gasteiger partial charge in [-0.15, -0.1) is 0 Å². The Hall–Kier alpha value is -1.11. The van der Waals surface area contributed by atoms with Crippen molar-refractivity contribution >= 4 is 5.71 Å². The minimum atomic E-state index is 0.672. The van der Waals surface area contributed by atoms with E-state index in [1.807, 2.05) is 32.9 Å². The van der Waals surface area contributed by atoms with Gasteiger partial charge >= 0.3 is 0 Å². The molecule has 0 aromatic heterocycles. The van der Waals surface area contributed by atoms with E-state index in [4.69, 9.17) is 5.41 Å². The van der Waals surface area contributed by atoms with E-state index in [2.05, 4.69) is 6.58 Å². The summed E-state index contributed by atoms with van der Waals surface area (Å²) in [7, 11) is 0. The summed E-state index contributed by atoms with van der Waals surface area (Å²) in [4.78, 5) is 0. The topological polar surface area (TPSA) is 23.9 Å². The van der Waals surface area contributed by atoms with E-state index in [0.717, 1.165) is 17.6 Å². The number of rotatable bonds is 4. The standard InChI is InChI=1S/C11H17N/c1-5-8-10(9(4)6-2)11(12)7-3/h5-6,8,12H,2,7H2,1,3-4H3/b8-5-,10-9-,12-11?. The number of nitrogens with one attached hydrogen (secondary N) is 1. The van der Waals surface area contributed by atoms with Crippen LogP contribution < -0.4 is 0 Å². The molecule has 0 unspecified atom stereocenters. The average Bonchev–Trinajstić information content (AvgIpc) is 2.11. The van der Waals surface area contributed by atoms with E-state index < -0.39 is 0 Å². The van der Waals surface area contributed by atoms with Gasteiger partial charge in [0.2, 0.25) is 0 Å². The van der Waals surface area contributed by atoms with Crippen LogP contribution in [0.4, 0.5) is 0 Å². The highest BCUT2D eigenvalue weighted by atomic mass is 14.4. The maximum Gasteiger partial charge on any atom is 0.0385 e. The third kappa shape index (κ3) is 2.87. The van der Waals surface area contributed by atoms with Crippen molar-refractivity contribution in [2.45, 2.75) is 27.2 Å². The second-order valence-corrected chi connectivity index (χ2v) is 2.63. The fraction of sp³-hybridized carbons (Fsp3) is 0.364. The minimum Gasteiger partial charge on any atom is -0.305 e. The summed E-state index contributed by atoms with van der Waals surface area (Å²) < 4.78 is 0. The zero-order valence-electron chi connectivity index (χ0n) is 8.15. The Labute approximate surface area is 75.0 Å². The van der Waals surface area contributed by atoms with Gasteiger partial charge in [0.15, 0.2) is 0 Å². The maximum absolute atomic E-state index is 7.67. The number of allylic oxidation sites excluding steroid dienone is 5. The highest BCUT2D eigenvalue weighted by molar-refractivity contribution is 6.01. The van der Waals surface area contributed by atoms with Gasteiger partial charge in [-0.2, -0.15) is 0 Å². The number of hydrogen-bond acceptors (Lipinski definition) is 1. The first-order valence-electron chi connectivity index (χ1n) is 4.21. The maximum atomic E-state index is 7.67. The van der Waals surface area contributed by atoms with E-state index in [-0.39, 0.29) is 0 Å². The van der Waals surface area contributed by atoms with Gasteiger partial charge in [0.1, 0.15) is 0 Å². The Balaban J connectivity index is 4.90. The molecule has 0 heterocycles. The summed E-state index contributed by atoms with van der Waals surface area (Å²) >= 11 is 0. The van der Waals surface area contributed by atoms with Crippen LogP contribution in [0.1, 0.15) is 27.2 Å². The van der Waals surface area contributed by atoms with Crippen LogP contribution in [0.25, 0.3) is 0 Å². The zero-order chi connectivity index (χ0) is 9.56. The molecule has 1 heteroatoms. The van der Waals surface area contributed by atoms with Gasteiger partial charge in [0.05, 0.1) is 0 Å². The Morgan fingerprint density at radius 2 is 2.08 bits per heavy atom. The minimum absolute atomic E-state index is 0.672. The lowest BCUT2D eigenvalue weighted by molar-refractivity contribution is 1.23. The fourth-order valence-electron chi connectivity index (χ4n) is 0.937. The first-order chi connectivity index (χ1) is 5.67. The molecule has 0 bridgehead atoms. The molecule has 0 amide bonds. The molecule has 0 aliphatic rings. The summed E-state index contributed by atoms with van der Waals surface area (Å²) in [5.41, 5.74) is 2.74. The van der Waals surface area contributed by atoms with Crippen molar-refractivity contribution < 1.29 is 0 Å².